The largest absolute Gasteiger partial charge is 0.490 e. The monoisotopic (exact) mass is 327 g/mol. The molecule has 0 saturated carbocycles. The summed E-state index contributed by atoms with van der Waals surface area (Å²) in [5.41, 5.74) is 2.06. The number of benzene rings is 2. The third kappa shape index (κ3) is 5.39. The van der Waals surface area contributed by atoms with Crippen molar-refractivity contribution in [1.29, 1.82) is 0 Å². The van der Waals surface area contributed by atoms with Gasteiger partial charge in [0.15, 0.2) is 0 Å². The zero-order valence-electron chi connectivity index (χ0n) is 14.1. The van der Waals surface area contributed by atoms with Gasteiger partial charge in [0.25, 0.3) is 5.91 Å². The first kappa shape index (κ1) is 18.0. The average molecular weight is 327 g/mol. The second-order valence-corrected chi connectivity index (χ2v) is 5.80. The number of carbonyl (C=O) groups excluding carboxylic acids is 1. The fraction of sp³-hybridized carbons (Fsp3) is 0.350. The smallest absolute Gasteiger partial charge is 0.274 e. The van der Waals surface area contributed by atoms with Crippen LogP contribution in [-0.4, -0.2) is 17.7 Å². The molecule has 1 amide bonds. The summed E-state index contributed by atoms with van der Waals surface area (Å²) >= 11 is 0. The molecule has 4 heteroatoms. The summed E-state index contributed by atoms with van der Waals surface area (Å²) in [6, 6.07) is 11.0. The average Bonchev–Trinajstić information content (AvgIpc) is 2.62. The Kier molecular flexibility index (Phi) is 7.30. The molecule has 2 aromatic rings. The molecular formula is C20H25NO3. The van der Waals surface area contributed by atoms with Crippen LogP contribution in [0.1, 0.15) is 49.4 Å². The van der Waals surface area contributed by atoms with Gasteiger partial charge in [-0.1, -0.05) is 50.5 Å². The maximum absolute atomic E-state index is 11.4. The van der Waals surface area contributed by atoms with E-state index in [1.165, 1.54) is 25.7 Å². The van der Waals surface area contributed by atoms with E-state index >= 15 is 0 Å². The van der Waals surface area contributed by atoms with E-state index in [9.17, 15) is 4.79 Å². The number of rotatable bonds is 9. The van der Waals surface area contributed by atoms with Gasteiger partial charge in [-0.15, -0.1) is 0 Å². The number of ether oxygens (including phenoxy) is 1. The maximum atomic E-state index is 11.4. The molecule has 0 saturated heterocycles. The molecule has 0 aliphatic rings. The van der Waals surface area contributed by atoms with Crippen molar-refractivity contribution in [2.75, 3.05) is 6.61 Å². The fourth-order valence-corrected chi connectivity index (χ4v) is 2.54. The van der Waals surface area contributed by atoms with E-state index in [1.54, 1.807) is 17.6 Å². The van der Waals surface area contributed by atoms with Crippen molar-refractivity contribution in [2.24, 2.45) is 0 Å². The molecule has 2 aromatic carbocycles. The molecule has 0 aliphatic carbocycles. The second kappa shape index (κ2) is 9.73. The number of nitrogens with one attached hydrogen (secondary N) is 1. The lowest BCUT2D eigenvalue weighted by molar-refractivity contribution is 0.0706. The number of allylic oxidation sites excluding steroid dienone is 1. The van der Waals surface area contributed by atoms with Crippen LogP contribution < -0.4 is 10.2 Å². The number of unbranched alkanes of at least 4 members (excludes halogenated alkanes) is 4. The molecule has 128 valence electrons. The van der Waals surface area contributed by atoms with Crippen molar-refractivity contribution >= 4 is 16.7 Å². The summed E-state index contributed by atoms with van der Waals surface area (Å²) in [7, 11) is 0. The SMILES string of the molecule is CCCCCCC=CCOc1ccc2cc(C(=O)NO)ccc2c1. The zero-order valence-corrected chi connectivity index (χ0v) is 14.1. The molecule has 0 radical (unpaired) electrons. The van der Waals surface area contributed by atoms with E-state index in [-0.39, 0.29) is 0 Å². The lowest BCUT2D eigenvalue weighted by Gasteiger charge is -2.06. The van der Waals surface area contributed by atoms with Crippen molar-refractivity contribution in [2.45, 2.75) is 39.0 Å². The van der Waals surface area contributed by atoms with E-state index in [1.807, 2.05) is 24.3 Å². The Morgan fingerprint density at radius 3 is 2.67 bits per heavy atom. The van der Waals surface area contributed by atoms with E-state index in [4.69, 9.17) is 9.94 Å². The van der Waals surface area contributed by atoms with Gasteiger partial charge in [-0.3, -0.25) is 10.0 Å². The highest BCUT2D eigenvalue weighted by Gasteiger charge is 2.05. The summed E-state index contributed by atoms with van der Waals surface area (Å²) in [5.74, 6) is 0.291. The molecule has 0 heterocycles. The summed E-state index contributed by atoms with van der Waals surface area (Å²) in [5, 5.41) is 10.6. The van der Waals surface area contributed by atoms with Gasteiger partial charge in [0.1, 0.15) is 12.4 Å². The van der Waals surface area contributed by atoms with Crippen molar-refractivity contribution in [3.05, 3.63) is 54.1 Å². The molecule has 24 heavy (non-hydrogen) atoms. The summed E-state index contributed by atoms with van der Waals surface area (Å²) in [4.78, 5) is 11.4. The lowest BCUT2D eigenvalue weighted by Crippen LogP contribution is -2.18. The third-order valence-corrected chi connectivity index (χ3v) is 3.91. The highest BCUT2D eigenvalue weighted by atomic mass is 16.5. The minimum Gasteiger partial charge on any atom is -0.490 e. The molecule has 0 aromatic heterocycles. The van der Waals surface area contributed by atoms with Crippen LogP contribution in [0.4, 0.5) is 0 Å². The summed E-state index contributed by atoms with van der Waals surface area (Å²) in [6.45, 7) is 2.78. The standard InChI is InChI=1S/C20H25NO3/c1-2-3-4-5-6-7-8-13-24-19-12-11-16-14-18(20(22)21-23)10-9-17(16)15-19/h7-12,14-15,23H,2-6,13H2,1H3,(H,21,22). The van der Waals surface area contributed by atoms with Crippen LogP contribution in [0.25, 0.3) is 10.8 Å². The van der Waals surface area contributed by atoms with Crippen LogP contribution in [0.15, 0.2) is 48.6 Å². The van der Waals surface area contributed by atoms with Gasteiger partial charge in [0, 0.05) is 5.56 Å². The Morgan fingerprint density at radius 1 is 1.08 bits per heavy atom. The van der Waals surface area contributed by atoms with E-state index < -0.39 is 5.91 Å². The van der Waals surface area contributed by atoms with Crippen molar-refractivity contribution < 1.29 is 14.7 Å². The Balaban J connectivity index is 1.87. The predicted molar refractivity (Wildman–Crippen MR) is 96.6 cm³/mol. The van der Waals surface area contributed by atoms with Gasteiger partial charge in [-0.25, -0.2) is 5.48 Å². The van der Waals surface area contributed by atoms with Crippen LogP contribution in [0, 0.1) is 0 Å². The molecular weight excluding hydrogens is 302 g/mol. The molecule has 2 N–H and O–H groups in total. The number of hydrogen-bond donors (Lipinski definition) is 2. The van der Waals surface area contributed by atoms with Crippen molar-refractivity contribution in [3.8, 4) is 5.75 Å². The van der Waals surface area contributed by atoms with Gasteiger partial charge in [-0.2, -0.15) is 0 Å². The summed E-state index contributed by atoms with van der Waals surface area (Å²) < 4.78 is 5.73. The van der Waals surface area contributed by atoms with Gasteiger partial charge in [-0.05, 0) is 47.9 Å². The van der Waals surface area contributed by atoms with Crippen LogP contribution in [0.5, 0.6) is 5.75 Å². The molecule has 0 unspecified atom stereocenters. The zero-order chi connectivity index (χ0) is 17.2. The molecule has 2 rings (SSSR count). The highest BCUT2D eigenvalue weighted by Crippen LogP contribution is 2.22. The number of carbonyl (C=O) groups is 1. The van der Waals surface area contributed by atoms with Crippen LogP contribution in [-0.2, 0) is 0 Å². The van der Waals surface area contributed by atoms with Crippen molar-refractivity contribution in [1.82, 2.24) is 5.48 Å². The Bertz CT molecular complexity index is 694. The number of hydroxylamine groups is 1. The second-order valence-electron chi connectivity index (χ2n) is 5.80. The van der Waals surface area contributed by atoms with Crippen LogP contribution in [0.2, 0.25) is 0 Å². The number of amides is 1. The molecule has 0 spiro atoms. The van der Waals surface area contributed by atoms with Gasteiger partial charge >= 0.3 is 0 Å². The first-order valence-corrected chi connectivity index (χ1v) is 8.50. The molecule has 4 nitrogen and oxygen atoms in total. The van der Waals surface area contributed by atoms with Gasteiger partial charge < -0.3 is 4.74 Å². The highest BCUT2D eigenvalue weighted by molar-refractivity contribution is 5.98. The third-order valence-electron chi connectivity index (χ3n) is 3.91. The molecule has 0 atom stereocenters. The topological polar surface area (TPSA) is 58.6 Å². The molecule has 0 bridgehead atoms. The Labute approximate surface area is 143 Å². The fourth-order valence-electron chi connectivity index (χ4n) is 2.54. The minimum absolute atomic E-state index is 0.421. The predicted octanol–water partition coefficient (Wildman–Crippen LogP) is 4.86. The van der Waals surface area contributed by atoms with Gasteiger partial charge in [0.2, 0.25) is 0 Å². The quantitative estimate of drug-likeness (QED) is 0.299. The molecule has 0 fully saturated rings. The normalized spacial score (nSPS) is 11.1. The lowest BCUT2D eigenvalue weighted by atomic mass is 10.1. The number of hydrogen-bond acceptors (Lipinski definition) is 3. The first-order chi connectivity index (χ1) is 11.7. The van der Waals surface area contributed by atoms with E-state index in [0.717, 1.165) is 22.9 Å². The van der Waals surface area contributed by atoms with Gasteiger partial charge in [0.05, 0.1) is 0 Å². The van der Waals surface area contributed by atoms with E-state index in [2.05, 4.69) is 19.1 Å². The minimum atomic E-state index is -0.513. The van der Waals surface area contributed by atoms with Crippen LogP contribution in [0.3, 0.4) is 0 Å². The Morgan fingerprint density at radius 2 is 1.88 bits per heavy atom. The molecule has 0 aliphatic heterocycles. The maximum Gasteiger partial charge on any atom is 0.274 e. The summed E-state index contributed by atoms with van der Waals surface area (Å²) in [6.07, 6.45) is 10.5. The first-order valence-electron chi connectivity index (χ1n) is 8.50. The van der Waals surface area contributed by atoms with E-state index in [0.29, 0.717) is 12.2 Å². The van der Waals surface area contributed by atoms with Crippen LogP contribution >= 0.6 is 0 Å². The Hall–Kier alpha value is -2.33. The number of fused-ring (bicyclic) bond motifs is 1. The van der Waals surface area contributed by atoms with Crippen molar-refractivity contribution in [3.63, 3.8) is 0 Å².